The molecule has 27 heavy (non-hydrogen) atoms. The maximum atomic E-state index is 11.7. The van der Waals surface area contributed by atoms with Crippen LogP contribution in [0.3, 0.4) is 0 Å². The molecule has 2 heterocycles. The second kappa shape index (κ2) is 8.86. The Hall–Kier alpha value is -1.90. The van der Waals surface area contributed by atoms with Crippen molar-refractivity contribution in [2.75, 3.05) is 11.4 Å². The first kappa shape index (κ1) is 19.9. The number of carbonyl (C=O) groups is 1. The van der Waals surface area contributed by atoms with Crippen LogP contribution >= 0.6 is 34.7 Å². The monoisotopic (exact) mass is 421 g/mol. The molecule has 0 N–H and O–H groups in total. The Morgan fingerprint density at radius 1 is 1.26 bits per heavy atom. The number of hydrogen-bond acceptors (Lipinski definition) is 6. The van der Waals surface area contributed by atoms with Gasteiger partial charge in [-0.25, -0.2) is 4.98 Å². The van der Waals surface area contributed by atoms with Gasteiger partial charge in [-0.3, -0.25) is 9.69 Å². The quantitative estimate of drug-likeness (QED) is 0.515. The summed E-state index contributed by atoms with van der Waals surface area (Å²) in [5.74, 6) is 1.50. The minimum absolute atomic E-state index is 0.00406. The second-order valence-corrected chi connectivity index (χ2v) is 7.95. The van der Waals surface area contributed by atoms with E-state index in [1.54, 1.807) is 23.6 Å². The number of thiazole rings is 1. The van der Waals surface area contributed by atoms with E-state index in [4.69, 9.17) is 11.6 Å². The van der Waals surface area contributed by atoms with Crippen molar-refractivity contribution in [1.82, 2.24) is 19.7 Å². The van der Waals surface area contributed by atoms with E-state index < -0.39 is 0 Å². The van der Waals surface area contributed by atoms with Crippen molar-refractivity contribution in [3.05, 3.63) is 40.4 Å². The zero-order valence-corrected chi connectivity index (χ0v) is 17.7. The van der Waals surface area contributed by atoms with Gasteiger partial charge in [-0.2, -0.15) is 0 Å². The highest BCUT2D eigenvalue weighted by atomic mass is 35.5. The van der Waals surface area contributed by atoms with E-state index in [2.05, 4.69) is 26.7 Å². The minimum Gasteiger partial charge on any atom is -0.302 e. The number of rotatable bonds is 7. The lowest BCUT2D eigenvalue weighted by Gasteiger charge is -2.14. The molecule has 0 radical (unpaired) electrons. The molecule has 142 valence electrons. The molecule has 6 nitrogen and oxygen atoms in total. The Labute approximate surface area is 171 Å². The van der Waals surface area contributed by atoms with E-state index in [9.17, 15) is 4.79 Å². The van der Waals surface area contributed by atoms with Gasteiger partial charge in [-0.15, -0.1) is 21.5 Å². The van der Waals surface area contributed by atoms with Crippen molar-refractivity contribution in [2.24, 2.45) is 0 Å². The van der Waals surface area contributed by atoms with Crippen LogP contribution in [0.2, 0.25) is 5.02 Å². The van der Waals surface area contributed by atoms with Crippen molar-refractivity contribution >= 4 is 45.7 Å². The van der Waals surface area contributed by atoms with Crippen LogP contribution in [0.4, 0.5) is 5.13 Å². The summed E-state index contributed by atoms with van der Waals surface area (Å²) in [6, 6.07) is 7.59. The van der Waals surface area contributed by atoms with Gasteiger partial charge < -0.3 is 4.57 Å². The standard InChI is InChI=1S/C18H20ClN5OS2/c1-4-23(12(3)25)17-20-15(10-26-17)11-27-18-22-21-16(24(18)5-2)13-6-8-14(19)9-7-13/h6-10H,4-5,11H2,1-3H3. The average molecular weight is 422 g/mol. The Morgan fingerprint density at radius 3 is 2.63 bits per heavy atom. The Balaban J connectivity index is 1.74. The van der Waals surface area contributed by atoms with Crippen molar-refractivity contribution in [3.8, 4) is 11.4 Å². The summed E-state index contributed by atoms with van der Waals surface area (Å²) < 4.78 is 2.08. The van der Waals surface area contributed by atoms with Crippen LogP contribution in [0, 0.1) is 0 Å². The second-order valence-electron chi connectivity index (χ2n) is 5.73. The van der Waals surface area contributed by atoms with Gasteiger partial charge in [-0.1, -0.05) is 23.4 Å². The van der Waals surface area contributed by atoms with Crippen LogP contribution in [0.5, 0.6) is 0 Å². The van der Waals surface area contributed by atoms with Crippen LogP contribution in [0.25, 0.3) is 11.4 Å². The number of benzene rings is 1. The van der Waals surface area contributed by atoms with Crippen molar-refractivity contribution in [1.29, 1.82) is 0 Å². The summed E-state index contributed by atoms with van der Waals surface area (Å²) in [4.78, 5) is 17.9. The smallest absolute Gasteiger partial charge is 0.225 e. The number of hydrogen-bond donors (Lipinski definition) is 0. The Morgan fingerprint density at radius 2 is 2.00 bits per heavy atom. The molecule has 0 saturated carbocycles. The number of carbonyl (C=O) groups excluding carboxylic acids is 1. The maximum Gasteiger partial charge on any atom is 0.225 e. The molecule has 0 aliphatic rings. The third-order valence-corrected chi connectivity index (χ3v) is 6.12. The summed E-state index contributed by atoms with van der Waals surface area (Å²) in [7, 11) is 0. The largest absolute Gasteiger partial charge is 0.302 e. The van der Waals surface area contributed by atoms with E-state index in [1.165, 1.54) is 11.3 Å². The fourth-order valence-electron chi connectivity index (χ4n) is 2.61. The van der Waals surface area contributed by atoms with E-state index >= 15 is 0 Å². The highest BCUT2D eigenvalue weighted by Gasteiger charge is 2.16. The Kier molecular flexibility index (Phi) is 6.51. The van der Waals surface area contributed by atoms with Crippen LogP contribution in [0.1, 0.15) is 26.5 Å². The maximum absolute atomic E-state index is 11.7. The number of amides is 1. The fraction of sp³-hybridized carbons (Fsp3) is 0.333. The molecule has 0 saturated heterocycles. The normalized spacial score (nSPS) is 11.0. The third-order valence-electron chi connectivity index (χ3n) is 3.95. The van der Waals surface area contributed by atoms with Crippen molar-refractivity contribution in [3.63, 3.8) is 0 Å². The van der Waals surface area contributed by atoms with Gasteiger partial charge in [0.05, 0.1) is 5.69 Å². The number of nitrogens with zero attached hydrogens (tertiary/aromatic N) is 5. The average Bonchev–Trinajstić information content (AvgIpc) is 3.27. The number of halogens is 1. The van der Waals surface area contributed by atoms with Gasteiger partial charge in [0.15, 0.2) is 16.1 Å². The molecule has 0 aliphatic carbocycles. The molecular formula is C18H20ClN5OS2. The van der Waals surface area contributed by atoms with E-state index in [-0.39, 0.29) is 5.91 Å². The molecule has 0 spiro atoms. The van der Waals surface area contributed by atoms with Crippen LogP contribution in [0.15, 0.2) is 34.8 Å². The molecule has 9 heteroatoms. The topological polar surface area (TPSA) is 63.9 Å². The summed E-state index contributed by atoms with van der Waals surface area (Å²) in [5.41, 5.74) is 1.91. The van der Waals surface area contributed by atoms with Crippen LogP contribution < -0.4 is 4.90 Å². The van der Waals surface area contributed by atoms with Gasteiger partial charge >= 0.3 is 0 Å². The minimum atomic E-state index is 0.00406. The van der Waals surface area contributed by atoms with E-state index in [0.29, 0.717) is 17.3 Å². The van der Waals surface area contributed by atoms with Gasteiger partial charge in [-0.05, 0) is 38.1 Å². The molecule has 0 unspecified atom stereocenters. The Bertz CT molecular complexity index is 922. The molecule has 3 rings (SSSR count). The molecule has 0 atom stereocenters. The lowest BCUT2D eigenvalue weighted by molar-refractivity contribution is -0.116. The van der Waals surface area contributed by atoms with Gasteiger partial charge in [0, 0.05) is 41.7 Å². The van der Waals surface area contributed by atoms with Crippen molar-refractivity contribution < 1.29 is 4.79 Å². The number of thioether (sulfide) groups is 1. The lowest BCUT2D eigenvalue weighted by Crippen LogP contribution is -2.27. The predicted molar refractivity (Wildman–Crippen MR) is 112 cm³/mol. The summed E-state index contributed by atoms with van der Waals surface area (Å²) >= 11 is 9.05. The molecule has 2 aromatic heterocycles. The predicted octanol–water partition coefficient (Wildman–Crippen LogP) is 4.74. The number of anilines is 1. The first-order chi connectivity index (χ1) is 13.0. The zero-order valence-electron chi connectivity index (χ0n) is 15.3. The molecule has 3 aromatic rings. The summed E-state index contributed by atoms with van der Waals surface area (Å²) in [6.45, 7) is 6.95. The van der Waals surface area contributed by atoms with Crippen LogP contribution in [-0.4, -0.2) is 32.2 Å². The summed E-state index contributed by atoms with van der Waals surface area (Å²) in [6.07, 6.45) is 0. The molecule has 1 aromatic carbocycles. The highest BCUT2D eigenvalue weighted by Crippen LogP contribution is 2.29. The first-order valence-corrected chi connectivity index (χ1v) is 10.8. The van der Waals surface area contributed by atoms with Crippen molar-refractivity contribution in [2.45, 2.75) is 38.2 Å². The van der Waals surface area contributed by atoms with Gasteiger partial charge in [0.1, 0.15) is 0 Å². The first-order valence-electron chi connectivity index (χ1n) is 8.57. The van der Waals surface area contributed by atoms with Crippen LogP contribution in [-0.2, 0) is 17.1 Å². The summed E-state index contributed by atoms with van der Waals surface area (Å²) in [5, 5.41) is 13.0. The zero-order chi connectivity index (χ0) is 19.4. The fourth-order valence-corrected chi connectivity index (χ4v) is 4.67. The lowest BCUT2D eigenvalue weighted by atomic mass is 10.2. The molecule has 0 aliphatic heterocycles. The third kappa shape index (κ3) is 4.51. The number of aromatic nitrogens is 4. The molecule has 0 bridgehead atoms. The van der Waals surface area contributed by atoms with E-state index in [1.807, 2.05) is 36.6 Å². The SMILES string of the molecule is CCN(C(C)=O)c1nc(CSc2nnc(-c3ccc(Cl)cc3)n2CC)cs1. The molecular weight excluding hydrogens is 402 g/mol. The van der Waals surface area contributed by atoms with E-state index in [0.717, 1.165) is 33.9 Å². The van der Waals surface area contributed by atoms with Gasteiger partial charge in [0.25, 0.3) is 0 Å². The molecule has 0 fully saturated rings. The molecule has 1 amide bonds. The highest BCUT2D eigenvalue weighted by molar-refractivity contribution is 7.98. The van der Waals surface area contributed by atoms with Gasteiger partial charge in [0.2, 0.25) is 5.91 Å².